The highest BCUT2D eigenvalue weighted by Crippen LogP contribution is 2.34. The Morgan fingerprint density at radius 2 is 2.20 bits per heavy atom. The number of anilines is 2. The standard InChI is InChI=1S/C15H22FN7O.ClH/c1-23-7-18-12-13(19-10-5-17-4-9(10)16)21-15(22-14(12)23)20-11(6-24)8-2-3-8;/h7-11,17,24H,2-6H2,1H3,(H2,19,20,21,22);1H/t9-,10-,11+;/m1./s1. The van der Waals surface area contributed by atoms with Crippen molar-refractivity contribution in [3.63, 3.8) is 0 Å². The van der Waals surface area contributed by atoms with Crippen LogP contribution in [0, 0.1) is 5.92 Å². The van der Waals surface area contributed by atoms with Gasteiger partial charge in [0, 0.05) is 20.1 Å². The van der Waals surface area contributed by atoms with Gasteiger partial charge in [0.1, 0.15) is 6.17 Å². The molecule has 0 spiro atoms. The van der Waals surface area contributed by atoms with Crippen LogP contribution >= 0.6 is 12.4 Å². The topological polar surface area (TPSA) is 99.9 Å². The number of nitrogens with zero attached hydrogens (tertiary/aromatic N) is 4. The number of aromatic nitrogens is 4. The zero-order valence-electron chi connectivity index (χ0n) is 13.9. The SMILES string of the molecule is Cl.Cn1cnc2c(N[C@@H]3CNC[C@H]3F)nc(N[C@@H](CO)C3CC3)nc21. The van der Waals surface area contributed by atoms with Crippen molar-refractivity contribution in [3.8, 4) is 0 Å². The van der Waals surface area contributed by atoms with E-state index < -0.39 is 6.17 Å². The molecule has 1 aliphatic carbocycles. The molecule has 2 fully saturated rings. The van der Waals surface area contributed by atoms with E-state index in [9.17, 15) is 9.50 Å². The number of halogens is 2. The summed E-state index contributed by atoms with van der Waals surface area (Å²) in [6, 6.07) is -0.388. The number of rotatable bonds is 6. The number of alkyl halides is 1. The summed E-state index contributed by atoms with van der Waals surface area (Å²) in [5.41, 5.74) is 1.29. The fourth-order valence-electron chi connectivity index (χ4n) is 3.11. The number of hydrogen-bond donors (Lipinski definition) is 4. The van der Waals surface area contributed by atoms with E-state index in [-0.39, 0.29) is 31.1 Å². The molecule has 0 bridgehead atoms. The number of aliphatic hydroxyl groups excluding tert-OH is 1. The third-order valence-corrected chi connectivity index (χ3v) is 4.72. The van der Waals surface area contributed by atoms with Gasteiger partial charge in [-0.05, 0) is 18.8 Å². The summed E-state index contributed by atoms with van der Waals surface area (Å²) < 4.78 is 15.7. The average molecular weight is 372 g/mol. The van der Waals surface area contributed by atoms with E-state index in [0.717, 1.165) is 12.8 Å². The van der Waals surface area contributed by atoms with Crippen molar-refractivity contribution in [2.24, 2.45) is 13.0 Å². The lowest BCUT2D eigenvalue weighted by Crippen LogP contribution is -2.31. The van der Waals surface area contributed by atoms with Crippen molar-refractivity contribution in [1.29, 1.82) is 0 Å². The van der Waals surface area contributed by atoms with E-state index in [0.29, 0.717) is 41.9 Å². The molecule has 2 aromatic heterocycles. The van der Waals surface area contributed by atoms with E-state index in [2.05, 4.69) is 30.9 Å². The van der Waals surface area contributed by atoms with Crippen molar-refractivity contribution >= 4 is 35.3 Å². The number of hydrogen-bond acceptors (Lipinski definition) is 7. The van der Waals surface area contributed by atoms with E-state index >= 15 is 0 Å². The molecule has 0 aromatic carbocycles. The lowest BCUT2D eigenvalue weighted by molar-refractivity contribution is 0.263. The summed E-state index contributed by atoms with van der Waals surface area (Å²) in [7, 11) is 1.86. The van der Waals surface area contributed by atoms with Gasteiger partial charge in [0.2, 0.25) is 5.95 Å². The quantitative estimate of drug-likeness (QED) is 0.592. The van der Waals surface area contributed by atoms with Gasteiger partial charge in [0.05, 0.1) is 25.0 Å². The minimum absolute atomic E-state index is 0. The molecule has 10 heteroatoms. The predicted molar refractivity (Wildman–Crippen MR) is 95.9 cm³/mol. The average Bonchev–Trinajstić information content (AvgIpc) is 3.25. The molecule has 0 radical (unpaired) electrons. The van der Waals surface area contributed by atoms with Crippen molar-refractivity contribution in [2.45, 2.75) is 31.1 Å². The number of fused-ring (bicyclic) bond motifs is 1. The van der Waals surface area contributed by atoms with Crippen LogP contribution in [0.15, 0.2) is 6.33 Å². The number of aliphatic hydroxyl groups is 1. The Hall–Kier alpha value is -1.71. The Balaban J connectivity index is 0.00000182. The van der Waals surface area contributed by atoms with Crippen molar-refractivity contribution in [2.75, 3.05) is 30.3 Å². The molecule has 2 aromatic rings. The third kappa shape index (κ3) is 3.63. The maximum absolute atomic E-state index is 13.9. The highest BCUT2D eigenvalue weighted by Gasteiger charge is 2.32. The summed E-state index contributed by atoms with van der Waals surface area (Å²) in [5, 5.41) is 18.9. The van der Waals surface area contributed by atoms with Crippen LogP contribution in [0.4, 0.5) is 16.2 Å². The zero-order chi connectivity index (χ0) is 16.7. The monoisotopic (exact) mass is 371 g/mol. The van der Waals surface area contributed by atoms with E-state index in [1.807, 2.05) is 7.05 Å². The van der Waals surface area contributed by atoms with Crippen LogP contribution in [-0.4, -0.2) is 62.6 Å². The second-order valence-electron chi connectivity index (χ2n) is 6.62. The van der Waals surface area contributed by atoms with Crippen LogP contribution in [0.3, 0.4) is 0 Å². The number of imidazole rings is 1. The molecular weight excluding hydrogens is 349 g/mol. The molecule has 0 amide bonds. The number of nitrogens with one attached hydrogen (secondary N) is 3. The lowest BCUT2D eigenvalue weighted by Gasteiger charge is -2.18. The van der Waals surface area contributed by atoms with Gasteiger partial charge >= 0.3 is 0 Å². The molecule has 1 aliphatic heterocycles. The first-order chi connectivity index (χ1) is 11.7. The molecular formula is C15H23ClFN7O. The maximum atomic E-state index is 13.9. The van der Waals surface area contributed by atoms with Crippen molar-refractivity contribution in [1.82, 2.24) is 24.8 Å². The highest BCUT2D eigenvalue weighted by atomic mass is 35.5. The Labute approximate surface area is 151 Å². The normalized spacial score (nSPS) is 24.1. The van der Waals surface area contributed by atoms with Gasteiger partial charge in [0.15, 0.2) is 17.0 Å². The van der Waals surface area contributed by atoms with Crippen LogP contribution in [-0.2, 0) is 7.05 Å². The first-order valence-corrected chi connectivity index (χ1v) is 8.33. The van der Waals surface area contributed by atoms with Gasteiger partial charge in [-0.1, -0.05) is 0 Å². The van der Waals surface area contributed by atoms with Gasteiger partial charge in [-0.2, -0.15) is 9.97 Å². The Kier molecular flexibility index (Phi) is 5.26. The summed E-state index contributed by atoms with van der Waals surface area (Å²) in [5.74, 6) is 1.42. The second-order valence-corrected chi connectivity index (χ2v) is 6.62. The molecule has 25 heavy (non-hydrogen) atoms. The predicted octanol–water partition coefficient (Wildman–Crippen LogP) is 0.690. The summed E-state index contributed by atoms with van der Waals surface area (Å²) in [6.07, 6.45) is 2.91. The molecule has 3 heterocycles. The van der Waals surface area contributed by atoms with Crippen molar-refractivity contribution < 1.29 is 9.50 Å². The molecule has 1 saturated heterocycles. The highest BCUT2D eigenvalue weighted by molar-refractivity contribution is 5.85. The van der Waals surface area contributed by atoms with Gasteiger partial charge in [-0.25, -0.2) is 9.37 Å². The van der Waals surface area contributed by atoms with Crippen molar-refractivity contribution in [3.05, 3.63) is 6.33 Å². The zero-order valence-corrected chi connectivity index (χ0v) is 14.8. The molecule has 138 valence electrons. The molecule has 4 N–H and O–H groups in total. The Morgan fingerprint density at radius 1 is 1.40 bits per heavy atom. The summed E-state index contributed by atoms with van der Waals surface area (Å²) in [6.45, 7) is 0.927. The van der Waals surface area contributed by atoms with Crippen LogP contribution in [0.25, 0.3) is 11.2 Å². The summed E-state index contributed by atoms with van der Waals surface area (Å²) >= 11 is 0. The third-order valence-electron chi connectivity index (χ3n) is 4.72. The summed E-state index contributed by atoms with van der Waals surface area (Å²) in [4.78, 5) is 13.3. The van der Waals surface area contributed by atoms with Gasteiger partial charge in [0.25, 0.3) is 0 Å². The molecule has 8 nitrogen and oxygen atoms in total. The largest absolute Gasteiger partial charge is 0.394 e. The maximum Gasteiger partial charge on any atom is 0.227 e. The molecule has 4 rings (SSSR count). The Morgan fingerprint density at radius 3 is 2.84 bits per heavy atom. The molecule has 0 unspecified atom stereocenters. The minimum Gasteiger partial charge on any atom is -0.394 e. The lowest BCUT2D eigenvalue weighted by atomic mass is 10.2. The smallest absolute Gasteiger partial charge is 0.227 e. The molecule has 1 saturated carbocycles. The first kappa shape index (κ1) is 18.1. The van der Waals surface area contributed by atoms with Crippen LogP contribution in [0.5, 0.6) is 0 Å². The van der Waals surface area contributed by atoms with Gasteiger partial charge < -0.3 is 25.6 Å². The van der Waals surface area contributed by atoms with Crippen LogP contribution in [0.1, 0.15) is 12.8 Å². The van der Waals surface area contributed by atoms with E-state index in [4.69, 9.17) is 0 Å². The van der Waals surface area contributed by atoms with Gasteiger partial charge in [-0.3, -0.25) is 0 Å². The molecule has 2 aliphatic rings. The minimum atomic E-state index is -0.966. The van der Waals surface area contributed by atoms with Gasteiger partial charge in [-0.15, -0.1) is 12.4 Å². The second kappa shape index (κ2) is 7.27. The molecule has 3 atom stereocenters. The number of aryl methyl sites for hydroxylation is 1. The first-order valence-electron chi connectivity index (χ1n) is 8.33. The fraction of sp³-hybridized carbons (Fsp3) is 0.667. The van der Waals surface area contributed by atoms with Crippen LogP contribution < -0.4 is 16.0 Å². The fourth-order valence-corrected chi connectivity index (χ4v) is 3.11. The van der Waals surface area contributed by atoms with E-state index in [1.165, 1.54) is 0 Å². The Bertz CT molecular complexity index is 738. The van der Waals surface area contributed by atoms with Crippen LogP contribution in [0.2, 0.25) is 0 Å². The van der Waals surface area contributed by atoms with E-state index in [1.54, 1.807) is 10.9 Å².